The maximum atomic E-state index is 5.85. The third-order valence-corrected chi connectivity index (χ3v) is 2.83. The zero-order valence-electron chi connectivity index (χ0n) is 10.7. The second-order valence-electron chi connectivity index (χ2n) is 4.22. The highest BCUT2D eigenvalue weighted by atomic mass is 16.5. The average molecular weight is 241 g/mol. The number of benzene rings is 2. The van der Waals surface area contributed by atoms with E-state index in [4.69, 9.17) is 4.74 Å². The van der Waals surface area contributed by atoms with E-state index < -0.39 is 0 Å². The third kappa shape index (κ3) is 3.60. The molecule has 2 aromatic carbocycles. The first-order chi connectivity index (χ1) is 8.90. The summed E-state index contributed by atoms with van der Waals surface area (Å²) in [4.78, 5) is 0. The second-order valence-corrected chi connectivity index (χ2v) is 4.22. The van der Waals surface area contributed by atoms with Gasteiger partial charge in [-0.15, -0.1) is 0 Å². The molecule has 2 nitrogen and oxygen atoms in total. The molecule has 0 heterocycles. The monoisotopic (exact) mass is 241 g/mol. The molecule has 0 bridgehead atoms. The Morgan fingerprint density at radius 2 is 1.67 bits per heavy atom. The van der Waals surface area contributed by atoms with E-state index in [9.17, 15) is 0 Å². The molecule has 0 aliphatic heterocycles. The molecule has 0 aliphatic rings. The average Bonchev–Trinajstić information content (AvgIpc) is 2.42. The van der Waals surface area contributed by atoms with Crippen LogP contribution >= 0.6 is 0 Å². The molecule has 0 aromatic heterocycles. The van der Waals surface area contributed by atoms with Gasteiger partial charge in [-0.05, 0) is 18.7 Å². The fourth-order valence-corrected chi connectivity index (χ4v) is 1.90. The summed E-state index contributed by atoms with van der Waals surface area (Å²) >= 11 is 0. The maximum Gasteiger partial charge on any atom is 0.123 e. The minimum absolute atomic E-state index is 0.713. The van der Waals surface area contributed by atoms with Crippen LogP contribution in [-0.4, -0.2) is 13.7 Å². The fourth-order valence-electron chi connectivity index (χ4n) is 1.90. The first-order valence-electron chi connectivity index (χ1n) is 6.29. The normalized spacial score (nSPS) is 10.3. The van der Waals surface area contributed by atoms with Crippen molar-refractivity contribution in [3.05, 3.63) is 65.7 Å². The summed E-state index contributed by atoms with van der Waals surface area (Å²) in [5.74, 6) is 0.975. The third-order valence-electron chi connectivity index (χ3n) is 2.83. The lowest BCUT2D eigenvalue weighted by molar-refractivity contribution is 0.318. The van der Waals surface area contributed by atoms with Gasteiger partial charge in [0.2, 0.25) is 0 Å². The number of ether oxygens (including phenoxy) is 1. The van der Waals surface area contributed by atoms with Crippen molar-refractivity contribution < 1.29 is 4.74 Å². The van der Waals surface area contributed by atoms with Crippen molar-refractivity contribution in [2.24, 2.45) is 0 Å². The summed E-state index contributed by atoms with van der Waals surface area (Å²) in [6.07, 6.45) is 0.939. The first-order valence-corrected chi connectivity index (χ1v) is 6.29. The van der Waals surface area contributed by atoms with Crippen LogP contribution in [0.15, 0.2) is 54.6 Å². The Bertz CT molecular complexity index is 468. The van der Waals surface area contributed by atoms with Gasteiger partial charge in [-0.1, -0.05) is 48.5 Å². The van der Waals surface area contributed by atoms with Crippen LogP contribution < -0.4 is 10.1 Å². The van der Waals surface area contributed by atoms with Crippen LogP contribution in [-0.2, 0) is 13.0 Å². The van der Waals surface area contributed by atoms with Crippen molar-refractivity contribution in [2.75, 3.05) is 13.7 Å². The molecule has 0 spiro atoms. The molecular formula is C16H19NO. The van der Waals surface area contributed by atoms with Crippen molar-refractivity contribution in [3.8, 4) is 5.75 Å². The van der Waals surface area contributed by atoms with Gasteiger partial charge in [-0.2, -0.15) is 0 Å². The molecule has 0 amide bonds. The number of rotatable bonds is 6. The van der Waals surface area contributed by atoms with Crippen molar-refractivity contribution >= 4 is 0 Å². The van der Waals surface area contributed by atoms with Gasteiger partial charge in [-0.25, -0.2) is 0 Å². The number of hydrogen-bond donors (Lipinski definition) is 1. The van der Waals surface area contributed by atoms with Crippen LogP contribution in [0.1, 0.15) is 11.1 Å². The summed E-state index contributed by atoms with van der Waals surface area (Å²) in [5, 5.41) is 3.15. The Kier molecular flexibility index (Phi) is 4.79. The van der Waals surface area contributed by atoms with Crippen LogP contribution in [0.2, 0.25) is 0 Å². The standard InChI is InChI=1S/C16H19NO/c1-17-13-15-9-5-6-10-16(15)18-12-11-14-7-3-2-4-8-14/h2-10,17H,11-13H2,1H3. The number of hydrogen-bond acceptors (Lipinski definition) is 2. The molecule has 2 heteroatoms. The Labute approximate surface area is 109 Å². The summed E-state index contributed by atoms with van der Waals surface area (Å²) in [6.45, 7) is 1.55. The lowest BCUT2D eigenvalue weighted by Gasteiger charge is -2.11. The van der Waals surface area contributed by atoms with Gasteiger partial charge < -0.3 is 10.1 Å². The molecule has 2 rings (SSSR count). The smallest absolute Gasteiger partial charge is 0.123 e. The SMILES string of the molecule is CNCc1ccccc1OCCc1ccccc1. The maximum absolute atomic E-state index is 5.85. The van der Waals surface area contributed by atoms with Crippen molar-refractivity contribution in [2.45, 2.75) is 13.0 Å². The van der Waals surface area contributed by atoms with E-state index in [2.05, 4.69) is 35.6 Å². The van der Waals surface area contributed by atoms with E-state index in [1.54, 1.807) is 0 Å². The Balaban J connectivity index is 1.90. The van der Waals surface area contributed by atoms with Crippen LogP contribution in [0, 0.1) is 0 Å². The zero-order valence-corrected chi connectivity index (χ0v) is 10.7. The molecule has 0 fully saturated rings. The highest BCUT2D eigenvalue weighted by molar-refractivity contribution is 5.33. The highest BCUT2D eigenvalue weighted by Crippen LogP contribution is 2.17. The van der Waals surface area contributed by atoms with Gasteiger partial charge in [0.15, 0.2) is 0 Å². The van der Waals surface area contributed by atoms with E-state index in [0.29, 0.717) is 6.61 Å². The molecular weight excluding hydrogens is 222 g/mol. The molecule has 1 N–H and O–H groups in total. The van der Waals surface area contributed by atoms with Gasteiger partial charge in [0.1, 0.15) is 5.75 Å². The number of nitrogens with one attached hydrogen (secondary N) is 1. The van der Waals surface area contributed by atoms with Gasteiger partial charge >= 0.3 is 0 Å². The minimum atomic E-state index is 0.713. The van der Waals surface area contributed by atoms with Crippen molar-refractivity contribution in [1.82, 2.24) is 5.32 Å². The van der Waals surface area contributed by atoms with Gasteiger partial charge in [0.25, 0.3) is 0 Å². The van der Waals surface area contributed by atoms with Crippen LogP contribution in [0.3, 0.4) is 0 Å². The minimum Gasteiger partial charge on any atom is -0.493 e. The topological polar surface area (TPSA) is 21.3 Å². The molecule has 0 saturated carbocycles. The molecule has 94 valence electrons. The van der Waals surface area contributed by atoms with E-state index in [-0.39, 0.29) is 0 Å². The van der Waals surface area contributed by atoms with Crippen molar-refractivity contribution in [3.63, 3.8) is 0 Å². The predicted octanol–water partition coefficient (Wildman–Crippen LogP) is 3.03. The van der Waals surface area contributed by atoms with Gasteiger partial charge in [-0.3, -0.25) is 0 Å². The number of para-hydroxylation sites is 1. The summed E-state index contributed by atoms with van der Waals surface area (Å²) in [5.41, 5.74) is 2.51. The fraction of sp³-hybridized carbons (Fsp3) is 0.250. The Hall–Kier alpha value is -1.80. The molecule has 0 radical (unpaired) electrons. The first kappa shape index (κ1) is 12.7. The quantitative estimate of drug-likeness (QED) is 0.839. The van der Waals surface area contributed by atoms with Gasteiger partial charge in [0, 0.05) is 18.5 Å². The van der Waals surface area contributed by atoms with E-state index in [1.165, 1.54) is 11.1 Å². The molecule has 0 saturated heterocycles. The van der Waals surface area contributed by atoms with Crippen LogP contribution in [0.4, 0.5) is 0 Å². The van der Waals surface area contributed by atoms with Crippen LogP contribution in [0.5, 0.6) is 5.75 Å². The summed E-state index contributed by atoms with van der Waals surface area (Å²) in [7, 11) is 1.95. The van der Waals surface area contributed by atoms with Crippen LogP contribution in [0.25, 0.3) is 0 Å². The molecule has 18 heavy (non-hydrogen) atoms. The highest BCUT2D eigenvalue weighted by Gasteiger charge is 2.01. The lowest BCUT2D eigenvalue weighted by Crippen LogP contribution is -2.08. The zero-order chi connectivity index (χ0) is 12.6. The van der Waals surface area contributed by atoms with E-state index in [0.717, 1.165) is 18.7 Å². The Morgan fingerprint density at radius 3 is 2.44 bits per heavy atom. The summed E-state index contributed by atoms with van der Waals surface area (Å²) < 4.78 is 5.85. The molecule has 0 unspecified atom stereocenters. The van der Waals surface area contributed by atoms with E-state index >= 15 is 0 Å². The molecule has 2 aromatic rings. The molecule has 0 aliphatic carbocycles. The molecule has 0 atom stereocenters. The Morgan fingerprint density at radius 1 is 0.944 bits per heavy atom. The van der Waals surface area contributed by atoms with E-state index in [1.807, 2.05) is 31.3 Å². The predicted molar refractivity (Wildman–Crippen MR) is 74.8 cm³/mol. The van der Waals surface area contributed by atoms with Gasteiger partial charge in [0.05, 0.1) is 6.61 Å². The summed E-state index contributed by atoms with van der Waals surface area (Å²) in [6, 6.07) is 18.6. The second kappa shape index (κ2) is 6.82. The largest absolute Gasteiger partial charge is 0.493 e. The van der Waals surface area contributed by atoms with Crippen molar-refractivity contribution in [1.29, 1.82) is 0 Å². The lowest BCUT2D eigenvalue weighted by atomic mass is 10.1.